The molecule has 0 spiro atoms. The van der Waals surface area contributed by atoms with Crippen LogP contribution < -0.4 is 10.2 Å². The Bertz CT molecular complexity index is 680. The molecule has 0 radical (unpaired) electrons. The van der Waals surface area contributed by atoms with Gasteiger partial charge in [-0.1, -0.05) is 29.8 Å². The Labute approximate surface area is 153 Å². The highest BCUT2D eigenvalue weighted by Crippen LogP contribution is 2.19. The van der Waals surface area contributed by atoms with Gasteiger partial charge in [-0.3, -0.25) is 4.79 Å². The Morgan fingerprint density at radius 3 is 2.44 bits per heavy atom. The Morgan fingerprint density at radius 1 is 1.08 bits per heavy atom. The third-order valence-electron chi connectivity index (χ3n) is 4.15. The van der Waals surface area contributed by atoms with Gasteiger partial charge in [0.1, 0.15) is 0 Å². The fourth-order valence-corrected chi connectivity index (χ4v) is 3.51. The number of carbonyl (C=O) groups is 1. The maximum Gasteiger partial charge on any atom is 0.234 e. The third kappa shape index (κ3) is 5.51. The number of morpholine rings is 1. The van der Waals surface area contributed by atoms with Crippen LogP contribution >= 0.6 is 11.8 Å². The van der Waals surface area contributed by atoms with Crippen LogP contribution in [0.2, 0.25) is 0 Å². The van der Waals surface area contributed by atoms with Crippen molar-refractivity contribution in [1.29, 1.82) is 0 Å². The highest BCUT2D eigenvalue weighted by Gasteiger charge is 2.11. The predicted octanol–water partition coefficient (Wildman–Crippen LogP) is 3.70. The van der Waals surface area contributed by atoms with Crippen LogP contribution in [0.1, 0.15) is 11.1 Å². The molecule has 1 N–H and O–H groups in total. The first-order valence-corrected chi connectivity index (χ1v) is 9.72. The second-order valence-electron chi connectivity index (χ2n) is 6.17. The molecule has 1 heterocycles. The first-order chi connectivity index (χ1) is 12.2. The Kier molecular flexibility index (Phi) is 6.36. The van der Waals surface area contributed by atoms with E-state index in [1.165, 1.54) is 16.8 Å². The second-order valence-corrected chi connectivity index (χ2v) is 7.16. The van der Waals surface area contributed by atoms with Gasteiger partial charge >= 0.3 is 0 Å². The Morgan fingerprint density at radius 2 is 1.76 bits per heavy atom. The number of benzene rings is 2. The van der Waals surface area contributed by atoms with Crippen molar-refractivity contribution >= 4 is 29.0 Å². The van der Waals surface area contributed by atoms with E-state index >= 15 is 0 Å². The molecule has 2 aromatic rings. The fraction of sp³-hybridized carbons (Fsp3) is 0.350. The molecule has 4 nitrogen and oxygen atoms in total. The van der Waals surface area contributed by atoms with E-state index in [-0.39, 0.29) is 5.91 Å². The van der Waals surface area contributed by atoms with E-state index in [2.05, 4.69) is 53.5 Å². The number of carbonyl (C=O) groups excluding carboxylic acids is 1. The van der Waals surface area contributed by atoms with E-state index < -0.39 is 0 Å². The van der Waals surface area contributed by atoms with Crippen LogP contribution in [0.4, 0.5) is 11.4 Å². The van der Waals surface area contributed by atoms with Crippen molar-refractivity contribution in [1.82, 2.24) is 0 Å². The van der Waals surface area contributed by atoms with Crippen molar-refractivity contribution in [3.05, 3.63) is 59.7 Å². The minimum absolute atomic E-state index is 0.0382. The summed E-state index contributed by atoms with van der Waals surface area (Å²) in [6.45, 7) is 5.46. The lowest BCUT2D eigenvalue weighted by Gasteiger charge is -2.28. The van der Waals surface area contributed by atoms with E-state index in [9.17, 15) is 4.79 Å². The van der Waals surface area contributed by atoms with Gasteiger partial charge in [-0.2, -0.15) is 0 Å². The topological polar surface area (TPSA) is 41.6 Å². The molecule has 132 valence electrons. The molecule has 1 fully saturated rings. The number of rotatable bonds is 6. The molecule has 3 rings (SSSR count). The largest absolute Gasteiger partial charge is 0.378 e. The number of thioether (sulfide) groups is 1. The summed E-state index contributed by atoms with van der Waals surface area (Å²) in [7, 11) is 0. The van der Waals surface area contributed by atoms with Crippen LogP contribution in [-0.4, -0.2) is 38.0 Å². The van der Waals surface area contributed by atoms with Crippen LogP contribution in [0, 0.1) is 6.92 Å². The number of hydrogen-bond acceptors (Lipinski definition) is 4. The van der Waals surface area contributed by atoms with E-state index in [0.717, 1.165) is 37.7 Å². The lowest BCUT2D eigenvalue weighted by molar-refractivity contribution is -0.113. The minimum Gasteiger partial charge on any atom is -0.378 e. The highest BCUT2D eigenvalue weighted by molar-refractivity contribution is 7.99. The molecule has 2 aromatic carbocycles. The third-order valence-corrected chi connectivity index (χ3v) is 5.15. The van der Waals surface area contributed by atoms with E-state index in [1.807, 2.05) is 12.1 Å². The number of nitrogens with one attached hydrogen (secondary N) is 1. The molecule has 0 bridgehead atoms. The van der Waals surface area contributed by atoms with Crippen LogP contribution in [0.25, 0.3) is 0 Å². The normalized spacial score (nSPS) is 14.4. The smallest absolute Gasteiger partial charge is 0.234 e. The quantitative estimate of drug-likeness (QED) is 0.857. The van der Waals surface area contributed by atoms with Gasteiger partial charge in [0.05, 0.1) is 19.0 Å². The van der Waals surface area contributed by atoms with Gasteiger partial charge in [-0.15, -0.1) is 11.8 Å². The van der Waals surface area contributed by atoms with Crippen molar-refractivity contribution in [3.63, 3.8) is 0 Å². The van der Waals surface area contributed by atoms with Crippen LogP contribution in [-0.2, 0) is 15.3 Å². The maximum atomic E-state index is 12.1. The molecule has 0 saturated carbocycles. The maximum absolute atomic E-state index is 12.1. The summed E-state index contributed by atoms with van der Waals surface area (Å²) in [6, 6.07) is 16.5. The van der Waals surface area contributed by atoms with Crippen LogP contribution in [0.15, 0.2) is 48.5 Å². The van der Waals surface area contributed by atoms with Crippen molar-refractivity contribution in [2.24, 2.45) is 0 Å². The summed E-state index contributed by atoms with van der Waals surface area (Å²) < 4.78 is 5.37. The number of amides is 1. The van der Waals surface area contributed by atoms with Crippen LogP contribution in [0.3, 0.4) is 0 Å². The molecule has 0 aromatic heterocycles. The van der Waals surface area contributed by atoms with Gasteiger partial charge < -0.3 is 15.0 Å². The van der Waals surface area contributed by atoms with Gasteiger partial charge in [-0.25, -0.2) is 0 Å². The predicted molar refractivity (Wildman–Crippen MR) is 105 cm³/mol. The summed E-state index contributed by atoms with van der Waals surface area (Å²) >= 11 is 1.63. The molecule has 0 atom stereocenters. The summed E-state index contributed by atoms with van der Waals surface area (Å²) in [5, 5.41) is 2.96. The Hall–Kier alpha value is -1.98. The average molecular weight is 356 g/mol. The molecule has 1 aliphatic rings. The number of nitrogens with zero attached hydrogens (tertiary/aromatic N) is 1. The van der Waals surface area contributed by atoms with Gasteiger partial charge in [0, 0.05) is 30.2 Å². The Balaban J connectivity index is 1.43. The summed E-state index contributed by atoms with van der Waals surface area (Å²) in [4.78, 5) is 14.4. The zero-order valence-electron chi connectivity index (χ0n) is 14.5. The number of aryl methyl sites for hydroxylation is 1. The van der Waals surface area contributed by atoms with Gasteiger partial charge in [-0.05, 0) is 36.8 Å². The first-order valence-electron chi connectivity index (χ1n) is 8.56. The van der Waals surface area contributed by atoms with E-state index in [1.54, 1.807) is 11.8 Å². The molecule has 0 unspecified atom stereocenters. The van der Waals surface area contributed by atoms with Gasteiger partial charge in [0.2, 0.25) is 5.91 Å². The minimum atomic E-state index is 0.0382. The molecule has 25 heavy (non-hydrogen) atoms. The molecule has 1 amide bonds. The first kappa shape index (κ1) is 17.8. The summed E-state index contributed by atoms with van der Waals surface area (Å²) in [6.07, 6.45) is 0. The molecule has 5 heteroatoms. The molecule has 0 aliphatic carbocycles. The average Bonchev–Trinajstić information content (AvgIpc) is 2.65. The number of ether oxygens (including phenoxy) is 1. The van der Waals surface area contributed by atoms with Crippen molar-refractivity contribution < 1.29 is 9.53 Å². The zero-order valence-corrected chi connectivity index (χ0v) is 15.3. The van der Waals surface area contributed by atoms with Gasteiger partial charge in [0.15, 0.2) is 0 Å². The zero-order chi connectivity index (χ0) is 17.5. The lowest BCUT2D eigenvalue weighted by Crippen LogP contribution is -2.36. The van der Waals surface area contributed by atoms with Gasteiger partial charge in [0.25, 0.3) is 0 Å². The van der Waals surface area contributed by atoms with Crippen molar-refractivity contribution in [2.45, 2.75) is 12.7 Å². The van der Waals surface area contributed by atoms with Crippen molar-refractivity contribution in [2.75, 3.05) is 42.3 Å². The highest BCUT2D eigenvalue weighted by atomic mass is 32.2. The summed E-state index contributed by atoms with van der Waals surface area (Å²) in [5.41, 5.74) is 4.53. The SMILES string of the molecule is Cc1ccc(CSCC(=O)Nc2ccc(N3CCOCC3)cc2)cc1. The van der Waals surface area contributed by atoms with Crippen LogP contribution in [0.5, 0.6) is 0 Å². The number of hydrogen-bond donors (Lipinski definition) is 1. The monoisotopic (exact) mass is 356 g/mol. The van der Waals surface area contributed by atoms with Crippen molar-refractivity contribution in [3.8, 4) is 0 Å². The second kappa shape index (κ2) is 8.92. The standard InChI is InChI=1S/C20H24N2O2S/c1-16-2-4-17(5-3-16)14-25-15-20(23)21-18-6-8-19(9-7-18)22-10-12-24-13-11-22/h2-9H,10-15H2,1H3,(H,21,23). The molecular weight excluding hydrogens is 332 g/mol. The summed E-state index contributed by atoms with van der Waals surface area (Å²) in [5.74, 6) is 1.35. The molecule has 1 saturated heterocycles. The molecule has 1 aliphatic heterocycles. The lowest BCUT2D eigenvalue weighted by atomic mass is 10.2. The fourth-order valence-electron chi connectivity index (χ4n) is 2.72. The number of anilines is 2. The molecular formula is C20H24N2O2S. The van der Waals surface area contributed by atoms with E-state index in [4.69, 9.17) is 4.74 Å². The van der Waals surface area contributed by atoms with E-state index in [0.29, 0.717) is 5.75 Å².